The number of carbonyl (C=O) groups excluding carboxylic acids is 1. The molecule has 1 N–H and O–H groups in total. The molecule has 7 heteroatoms. The van der Waals surface area contributed by atoms with Crippen molar-refractivity contribution in [3.8, 4) is 17.1 Å². The minimum atomic E-state index is -0.295. The maximum atomic E-state index is 13.5. The third-order valence-electron chi connectivity index (χ3n) is 5.46. The topological polar surface area (TPSA) is 76.3 Å². The number of amides is 1. The fourth-order valence-corrected chi connectivity index (χ4v) is 3.94. The molecule has 0 aliphatic heterocycles. The lowest BCUT2D eigenvalue weighted by Crippen LogP contribution is -2.22. The van der Waals surface area contributed by atoms with Crippen LogP contribution in [0.5, 0.6) is 0 Å². The molecule has 6 nitrogen and oxygen atoms in total. The number of benzene rings is 4. The number of nitrogens with zero attached hydrogens (tertiary/aromatic N) is 3. The highest BCUT2D eigenvalue weighted by atomic mass is 35.5. The van der Waals surface area contributed by atoms with Gasteiger partial charge in [-0.3, -0.25) is 14.2 Å². The summed E-state index contributed by atoms with van der Waals surface area (Å²) >= 11 is 6.47. The van der Waals surface area contributed by atoms with E-state index in [2.05, 4.69) is 10.5 Å². The first-order valence-electron chi connectivity index (χ1n) is 10.9. The van der Waals surface area contributed by atoms with Crippen molar-refractivity contribution < 1.29 is 4.79 Å². The highest BCUT2D eigenvalue weighted by Crippen LogP contribution is 2.28. The van der Waals surface area contributed by atoms with Crippen molar-refractivity contribution in [2.45, 2.75) is 0 Å². The van der Waals surface area contributed by atoms with E-state index < -0.39 is 0 Å². The molecule has 0 saturated carbocycles. The molecule has 0 aliphatic carbocycles. The van der Waals surface area contributed by atoms with Gasteiger partial charge < -0.3 is 0 Å². The number of hydrogen-bond donors (Lipinski definition) is 1. The highest BCUT2D eigenvalue weighted by molar-refractivity contribution is 6.33. The van der Waals surface area contributed by atoms with Crippen molar-refractivity contribution in [2.75, 3.05) is 0 Å². The third kappa shape index (κ3) is 4.60. The van der Waals surface area contributed by atoms with Crippen LogP contribution in [0.2, 0.25) is 5.02 Å². The van der Waals surface area contributed by atoms with E-state index in [1.807, 2.05) is 54.6 Å². The number of hydrogen-bond acceptors (Lipinski definition) is 4. The van der Waals surface area contributed by atoms with Gasteiger partial charge in [0.2, 0.25) is 0 Å². The van der Waals surface area contributed by atoms with Crippen LogP contribution in [-0.2, 0) is 0 Å². The molecule has 0 bridgehead atoms. The SMILES string of the molecule is O=C(N/N=C/c1ccc(-n2c(-c3ccccc3Cl)nc3ccccc3c2=O)cc1)c1ccccc1. The number of carbonyl (C=O) groups is 1. The second-order valence-corrected chi connectivity index (χ2v) is 8.14. The van der Waals surface area contributed by atoms with E-state index in [0.717, 1.165) is 5.56 Å². The Balaban J connectivity index is 1.50. The van der Waals surface area contributed by atoms with Gasteiger partial charge >= 0.3 is 0 Å². The molecule has 35 heavy (non-hydrogen) atoms. The normalized spacial score (nSPS) is 11.1. The van der Waals surface area contributed by atoms with Crippen LogP contribution in [0.15, 0.2) is 113 Å². The van der Waals surface area contributed by atoms with Gasteiger partial charge in [0.1, 0.15) is 5.82 Å². The largest absolute Gasteiger partial charge is 0.271 e. The standard InChI is InChI=1S/C28H19ClN4O2/c29-24-12-6-4-10-22(24)26-31-25-13-7-5-11-23(25)28(35)33(26)21-16-14-19(15-17-21)18-30-32-27(34)20-8-2-1-3-9-20/h1-18H,(H,32,34)/b30-18+. The Hall–Kier alpha value is -4.55. The van der Waals surface area contributed by atoms with Gasteiger partial charge in [0.15, 0.2) is 0 Å². The van der Waals surface area contributed by atoms with Gasteiger partial charge in [-0.1, -0.05) is 66.2 Å². The molecule has 5 rings (SSSR count). The Labute approximate surface area is 206 Å². The zero-order valence-corrected chi connectivity index (χ0v) is 19.2. The van der Waals surface area contributed by atoms with Gasteiger partial charge in [-0.05, 0) is 54.1 Å². The first-order chi connectivity index (χ1) is 17.1. The lowest BCUT2D eigenvalue weighted by Gasteiger charge is -2.15. The number of hydrazone groups is 1. The molecule has 0 radical (unpaired) electrons. The predicted molar refractivity (Wildman–Crippen MR) is 139 cm³/mol. The summed E-state index contributed by atoms with van der Waals surface area (Å²) in [5.74, 6) is 0.160. The number of para-hydroxylation sites is 1. The van der Waals surface area contributed by atoms with Crippen molar-refractivity contribution in [1.82, 2.24) is 15.0 Å². The molecule has 1 amide bonds. The smallest absolute Gasteiger partial charge is 0.268 e. The first-order valence-corrected chi connectivity index (χ1v) is 11.3. The van der Waals surface area contributed by atoms with Crippen LogP contribution in [0.4, 0.5) is 0 Å². The monoisotopic (exact) mass is 478 g/mol. The first kappa shape index (κ1) is 22.3. The molecular weight excluding hydrogens is 460 g/mol. The molecule has 0 atom stereocenters. The summed E-state index contributed by atoms with van der Waals surface area (Å²) in [5, 5.41) is 5.05. The zero-order valence-electron chi connectivity index (χ0n) is 18.4. The van der Waals surface area contributed by atoms with E-state index in [-0.39, 0.29) is 11.5 Å². The molecule has 0 saturated heterocycles. The summed E-state index contributed by atoms with van der Waals surface area (Å²) in [7, 11) is 0. The summed E-state index contributed by atoms with van der Waals surface area (Å²) in [6.45, 7) is 0. The Morgan fingerprint density at radius 3 is 2.31 bits per heavy atom. The summed E-state index contributed by atoms with van der Waals surface area (Å²) in [6, 6.07) is 30.6. The summed E-state index contributed by atoms with van der Waals surface area (Å²) in [4.78, 5) is 30.4. The van der Waals surface area contributed by atoms with Gasteiger partial charge in [-0.2, -0.15) is 5.10 Å². The van der Waals surface area contributed by atoms with Crippen molar-refractivity contribution in [3.63, 3.8) is 0 Å². The maximum absolute atomic E-state index is 13.5. The second-order valence-electron chi connectivity index (χ2n) is 7.73. The van der Waals surface area contributed by atoms with Gasteiger partial charge in [-0.15, -0.1) is 0 Å². The minimum Gasteiger partial charge on any atom is -0.268 e. The van der Waals surface area contributed by atoms with Gasteiger partial charge in [0.05, 0.1) is 27.8 Å². The van der Waals surface area contributed by atoms with Crippen molar-refractivity contribution in [3.05, 3.63) is 130 Å². The fraction of sp³-hybridized carbons (Fsp3) is 0. The van der Waals surface area contributed by atoms with Crippen LogP contribution < -0.4 is 11.0 Å². The van der Waals surface area contributed by atoms with E-state index in [1.165, 1.54) is 0 Å². The van der Waals surface area contributed by atoms with E-state index in [9.17, 15) is 9.59 Å². The lowest BCUT2D eigenvalue weighted by molar-refractivity contribution is 0.0955. The van der Waals surface area contributed by atoms with Crippen LogP contribution in [0, 0.1) is 0 Å². The second kappa shape index (κ2) is 9.75. The van der Waals surface area contributed by atoms with Crippen LogP contribution in [0.3, 0.4) is 0 Å². The van der Waals surface area contributed by atoms with Crippen LogP contribution in [-0.4, -0.2) is 21.7 Å². The van der Waals surface area contributed by atoms with Gasteiger partial charge in [0, 0.05) is 11.1 Å². The Kier molecular flexibility index (Phi) is 6.20. The molecule has 5 aromatic rings. The van der Waals surface area contributed by atoms with Crippen LogP contribution in [0.25, 0.3) is 28.0 Å². The molecule has 4 aromatic carbocycles. The van der Waals surface area contributed by atoms with Gasteiger partial charge in [-0.25, -0.2) is 10.4 Å². The van der Waals surface area contributed by atoms with Crippen molar-refractivity contribution in [2.24, 2.45) is 5.10 Å². The minimum absolute atomic E-state index is 0.193. The average molecular weight is 479 g/mol. The highest BCUT2D eigenvalue weighted by Gasteiger charge is 2.16. The Morgan fingerprint density at radius 2 is 1.54 bits per heavy atom. The maximum Gasteiger partial charge on any atom is 0.271 e. The number of halogens is 1. The molecule has 0 fully saturated rings. The van der Waals surface area contributed by atoms with E-state index in [1.54, 1.807) is 59.3 Å². The molecule has 0 aliphatic rings. The number of aromatic nitrogens is 2. The van der Waals surface area contributed by atoms with Crippen LogP contribution >= 0.6 is 11.6 Å². The van der Waals surface area contributed by atoms with E-state index in [4.69, 9.17) is 16.6 Å². The molecule has 0 unspecified atom stereocenters. The molecule has 0 spiro atoms. The summed E-state index contributed by atoms with van der Waals surface area (Å²) in [6.07, 6.45) is 1.54. The third-order valence-corrected chi connectivity index (χ3v) is 5.79. The van der Waals surface area contributed by atoms with Crippen LogP contribution in [0.1, 0.15) is 15.9 Å². The van der Waals surface area contributed by atoms with Crippen molar-refractivity contribution in [1.29, 1.82) is 0 Å². The molecular formula is C28H19ClN4O2. The fourth-order valence-electron chi connectivity index (χ4n) is 3.72. The lowest BCUT2D eigenvalue weighted by atomic mass is 10.1. The number of fused-ring (bicyclic) bond motifs is 1. The number of nitrogens with one attached hydrogen (secondary N) is 1. The van der Waals surface area contributed by atoms with Gasteiger partial charge in [0.25, 0.3) is 11.5 Å². The quantitative estimate of drug-likeness (QED) is 0.269. The average Bonchev–Trinajstić information content (AvgIpc) is 2.90. The molecule has 1 aromatic heterocycles. The number of rotatable bonds is 5. The predicted octanol–water partition coefficient (Wildman–Crippen LogP) is 5.47. The summed E-state index contributed by atoms with van der Waals surface area (Å²) in [5.41, 5.74) is 5.48. The summed E-state index contributed by atoms with van der Waals surface area (Å²) < 4.78 is 1.56. The zero-order chi connectivity index (χ0) is 24.2. The van der Waals surface area contributed by atoms with E-state index >= 15 is 0 Å². The molecule has 170 valence electrons. The molecule has 1 heterocycles. The van der Waals surface area contributed by atoms with E-state index in [0.29, 0.717) is 38.6 Å². The Bertz CT molecular complexity index is 1610. The van der Waals surface area contributed by atoms with Crippen molar-refractivity contribution >= 4 is 34.6 Å². The Morgan fingerprint density at radius 1 is 0.857 bits per heavy atom.